The van der Waals surface area contributed by atoms with E-state index in [1.807, 2.05) is 35.9 Å². The van der Waals surface area contributed by atoms with Crippen LogP contribution in [0.4, 0.5) is 17.5 Å². The maximum Gasteiger partial charge on any atom is 0.226 e. The topological polar surface area (TPSA) is 118 Å². The van der Waals surface area contributed by atoms with Gasteiger partial charge in [-0.1, -0.05) is 11.6 Å². The van der Waals surface area contributed by atoms with Crippen molar-refractivity contribution >= 4 is 51.1 Å². The van der Waals surface area contributed by atoms with E-state index in [-0.39, 0.29) is 0 Å². The molecule has 11 heteroatoms. The highest BCUT2D eigenvalue weighted by atomic mass is 35.5. The number of ether oxygens (including phenoxy) is 1. The van der Waals surface area contributed by atoms with Crippen LogP contribution in [0.2, 0.25) is 5.02 Å². The fraction of sp³-hybridized carbons (Fsp3) is 0.231. The van der Waals surface area contributed by atoms with Gasteiger partial charge in [0, 0.05) is 38.3 Å². The molecule has 0 saturated carbocycles. The first-order chi connectivity index (χ1) is 18.1. The molecule has 1 fully saturated rings. The van der Waals surface area contributed by atoms with Crippen LogP contribution in [0.3, 0.4) is 0 Å². The zero-order valence-electron chi connectivity index (χ0n) is 20.0. The summed E-state index contributed by atoms with van der Waals surface area (Å²) in [6.07, 6.45) is 6.43. The smallest absolute Gasteiger partial charge is 0.226 e. The number of hydrogen-bond donors (Lipinski definition) is 1. The second kappa shape index (κ2) is 9.52. The third-order valence-corrected chi connectivity index (χ3v) is 6.73. The number of hydrogen-bond acceptors (Lipinski definition) is 9. The minimum Gasteiger partial charge on any atom is -0.456 e. The lowest BCUT2D eigenvalue weighted by atomic mass is 10.1. The molecular weight excluding hydrogens is 490 g/mol. The number of aryl methyl sites for hydroxylation is 1. The van der Waals surface area contributed by atoms with Crippen molar-refractivity contribution in [2.45, 2.75) is 12.8 Å². The van der Waals surface area contributed by atoms with Gasteiger partial charge >= 0.3 is 0 Å². The standard InChI is InChI=1S/C26H22ClN9O/c1-35-15-32-20-11-18(3-4-22(20)35)37-23-5-2-17(10-19(23)27)33-25-24-21(30-14-31-25)12-29-26(34-24)36-9-7-16(13-36)6-8-28/h2-5,10-12,14-16H,6-7,9,13H2,1H3,(H,30,31,33). The SMILES string of the molecule is Cn1cnc2cc(Oc3ccc(Nc4ncnc5cnc(N6CCC(CC#N)C6)nc45)cc3Cl)ccc21. The van der Waals surface area contributed by atoms with Gasteiger partial charge in [-0.05, 0) is 42.7 Å². The molecule has 0 radical (unpaired) electrons. The summed E-state index contributed by atoms with van der Waals surface area (Å²) < 4.78 is 7.97. The van der Waals surface area contributed by atoms with Crippen LogP contribution in [-0.4, -0.2) is 42.6 Å². The number of anilines is 3. The summed E-state index contributed by atoms with van der Waals surface area (Å²) in [4.78, 5) is 24.4. The molecule has 10 nitrogen and oxygen atoms in total. The largest absolute Gasteiger partial charge is 0.456 e. The molecule has 184 valence electrons. The highest BCUT2D eigenvalue weighted by molar-refractivity contribution is 6.32. The van der Waals surface area contributed by atoms with Gasteiger partial charge in [0.2, 0.25) is 5.95 Å². The molecule has 1 unspecified atom stereocenters. The monoisotopic (exact) mass is 511 g/mol. The Hall–Kier alpha value is -4.49. The molecule has 0 spiro atoms. The summed E-state index contributed by atoms with van der Waals surface area (Å²) in [6, 6.07) is 13.4. The molecule has 4 heterocycles. The highest BCUT2D eigenvalue weighted by Crippen LogP contribution is 2.34. The summed E-state index contributed by atoms with van der Waals surface area (Å²) in [7, 11) is 1.95. The number of halogens is 1. The van der Waals surface area contributed by atoms with Crippen molar-refractivity contribution in [3.63, 3.8) is 0 Å². The van der Waals surface area contributed by atoms with Crippen molar-refractivity contribution in [1.29, 1.82) is 5.26 Å². The van der Waals surface area contributed by atoms with Gasteiger partial charge in [-0.25, -0.2) is 24.9 Å². The zero-order valence-corrected chi connectivity index (χ0v) is 20.7. The van der Waals surface area contributed by atoms with E-state index in [9.17, 15) is 0 Å². The Morgan fingerprint density at radius 2 is 2.05 bits per heavy atom. The van der Waals surface area contributed by atoms with Crippen molar-refractivity contribution in [2.24, 2.45) is 13.0 Å². The van der Waals surface area contributed by atoms with E-state index in [2.05, 4.69) is 36.2 Å². The molecule has 1 N–H and O–H groups in total. The summed E-state index contributed by atoms with van der Waals surface area (Å²) in [5, 5.41) is 12.7. The maximum atomic E-state index is 9.01. The molecule has 1 aliphatic rings. The molecule has 0 amide bonds. The first-order valence-electron chi connectivity index (χ1n) is 11.8. The van der Waals surface area contributed by atoms with Gasteiger partial charge in [0.05, 0.1) is 34.6 Å². The zero-order chi connectivity index (χ0) is 25.4. The Labute approximate surface area is 217 Å². The Kier molecular flexibility index (Phi) is 5.90. The number of nitriles is 1. The molecule has 6 rings (SSSR count). The van der Waals surface area contributed by atoms with Crippen molar-refractivity contribution < 1.29 is 4.74 Å². The molecular formula is C26H22ClN9O. The molecule has 5 aromatic rings. The minimum atomic E-state index is 0.336. The Morgan fingerprint density at radius 3 is 2.92 bits per heavy atom. The maximum absolute atomic E-state index is 9.01. The lowest BCUT2D eigenvalue weighted by molar-refractivity contribution is 0.483. The predicted octanol–water partition coefficient (Wildman–Crippen LogP) is 5.24. The molecule has 3 aromatic heterocycles. The van der Waals surface area contributed by atoms with Gasteiger partial charge in [0.25, 0.3) is 0 Å². The second-order valence-corrected chi connectivity index (χ2v) is 9.37. The molecule has 1 aliphatic heterocycles. The molecule has 0 bridgehead atoms. The van der Waals surface area contributed by atoms with Gasteiger partial charge in [-0.15, -0.1) is 0 Å². The number of imidazole rings is 1. The Bertz CT molecular complexity index is 1660. The van der Waals surface area contributed by atoms with E-state index in [1.54, 1.807) is 24.7 Å². The minimum absolute atomic E-state index is 0.336. The quantitative estimate of drug-likeness (QED) is 0.326. The third-order valence-electron chi connectivity index (χ3n) is 6.43. The predicted molar refractivity (Wildman–Crippen MR) is 141 cm³/mol. The molecule has 37 heavy (non-hydrogen) atoms. The Morgan fingerprint density at radius 1 is 1.14 bits per heavy atom. The second-order valence-electron chi connectivity index (χ2n) is 8.97. The van der Waals surface area contributed by atoms with Gasteiger partial charge < -0.3 is 19.5 Å². The average molecular weight is 512 g/mol. The summed E-state index contributed by atoms with van der Waals surface area (Å²) in [5.74, 6) is 2.67. The number of benzene rings is 2. The lowest BCUT2D eigenvalue weighted by Gasteiger charge is -2.16. The van der Waals surface area contributed by atoms with Gasteiger partial charge in [0.15, 0.2) is 5.82 Å². The van der Waals surface area contributed by atoms with Crippen molar-refractivity contribution in [1.82, 2.24) is 29.5 Å². The normalized spacial score (nSPS) is 15.3. The van der Waals surface area contributed by atoms with E-state index in [4.69, 9.17) is 26.6 Å². The number of rotatable bonds is 6. The lowest BCUT2D eigenvalue weighted by Crippen LogP contribution is -2.22. The molecule has 2 aromatic carbocycles. The molecule has 1 atom stereocenters. The van der Waals surface area contributed by atoms with E-state index >= 15 is 0 Å². The van der Waals surface area contributed by atoms with Crippen molar-refractivity contribution in [2.75, 3.05) is 23.3 Å². The van der Waals surface area contributed by atoms with Crippen LogP contribution >= 0.6 is 11.6 Å². The van der Waals surface area contributed by atoms with E-state index < -0.39 is 0 Å². The number of aromatic nitrogens is 6. The van der Waals surface area contributed by atoms with Crippen LogP contribution in [0.25, 0.3) is 22.1 Å². The molecule has 0 aliphatic carbocycles. The van der Waals surface area contributed by atoms with Crippen LogP contribution < -0.4 is 15.0 Å². The van der Waals surface area contributed by atoms with Gasteiger partial charge in [-0.3, -0.25) is 0 Å². The first kappa shape index (κ1) is 22.9. The van der Waals surface area contributed by atoms with Crippen LogP contribution in [-0.2, 0) is 7.05 Å². The van der Waals surface area contributed by atoms with E-state index in [0.29, 0.717) is 51.7 Å². The fourth-order valence-corrected chi connectivity index (χ4v) is 4.72. The highest BCUT2D eigenvalue weighted by Gasteiger charge is 2.24. The summed E-state index contributed by atoms with van der Waals surface area (Å²) in [6.45, 7) is 1.58. The van der Waals surface area contributed by atoms with Crippen LogP contribution in [0.15, 0.2) is 55.2 Å². The first-order valence-corrected chi connectivity index (χ1v) is 12.2. The molecule has 1 saturated heterocycles. The van der Waals surface area contributed by atoms with Crippen LogP contribution in [0.5, 0.6) is 11.5 Å². The van der Waals surface area contributed by atoms with Crippen LogP contribution in [0, 0.1) is 17.2 Å². The van der Waals surface area contributed by atoms with E-state index in [1.165, 1.54) is 6.33 Å². The number of fused-ring (bicyclic) bond motifs is 2. The van der Waals surface area contributed by atoms with Gasteiger partial charge in [0.1, 0.15) is 28.9 Å². The fourth-order valence-electron chi connectivity index (χ4n) is 4.50. The van der Waals surface area contributed by atoms with Crippen molar-refractivity contribution in [3.05, 3.63) is 60.3 Å². The van der Waals surface area contributed by atoms with Crippen LogP contribution in [0.1, 0.15) is 12.8 Å². The van der Waals surface area contributed by atoms with E-state index in [0.717, 1.165) is 36.2 Å². The number of nitrogens with zero attached hydrogens (tertiary/aromatic N) is 8. The summed E-state index contributed by atoms with van der Waals surface area (Å²) in [5.41, 5.74) is 3.84. The summed E-state index contributed by atoms with van der Waals surface area (Å²) >= 11 is 6.56. The Balaban J connectivity index is 1.23. The van der Waals surface area contributed by atoms with Crippen molar-refractivity contribution in [3.8, 4) is 17.6 Å². The number of nitrogens with one attached hydrogen (secondary N) is 1. The van der Waals surface area contributed by atoms with Gasteiger partial charge in [-0.2, -0.15) is 5.26 Å². The third kappa shape index (κ3) is 4.57. The average Bonchev–Trinajstić information content (AvgIpc) is 3.52.